The molecular formula is C17H15N7O2S. The minimum Gasteiger partial charge on any atom is -0.325 e. The van der Waals surface area contributed by atoms with Crippen LogP contribution in [-0.2, 0) is 4.79 Å². The maximum atomic E-state index is 12.3. The number of nitrogens with one attached hydrogen (secondary N) is 3. The Kier molecular flexibility index (Phi) is 4.47. The van der Waals surface area contributed by atoms with E-state index in [2.05, 4.69) is 30.8 Å². The molecule has 2 aromatic heterocycles. The van der Waals surface area contributed by atoms with E-state index in [0.717, 1.165) is 11.3 Å². The second-order valence-corrected chi connectivity index (χ2v) is 6.83. The molecule has 0 aliphatic carbocycles. The van der Waals surface area contributed by atoms with Gasteiger partial charge in [-0.2, -0.15) is 4.68 Å². The Hall–Kier alpha value is -3.40. The normalized spacial score (nSPS) is 11.0. The van der Waals surface area contributed by atoms with E-state index < -0.39 is 0 Å². The number of tetrazole rings is 1. The van der Waals surface area contributed by atoms with Gasteiger partial charge in [0, 0.05) is 5.69 Å². The number of benzene rings is 2. The van der Waals surface area contributed by atoms with Crippen LogP contribution in [0, 0.1) is 6.92 Å². The van der Waals surface area contributed by atoms with Gasteiger partial charge in [0.1, 0.15) is 0 Å². The summed E-state index contributed by atoms with van der Waals surface area (Å²) in [5.41, 5.74) is 3.56. The van der Waals surface area contributed by atoms with Crippen molar-refractivity contribution in [1.29, 1.82) is 0 Å². The van der Waals surface area contributed by atoms with Crippen LogP contribution in [0.15, 0.2) is 52.4 Å². The molecule has 4 rings (SSSR count). The number of thioether (sulfide) groups is 1. The van der Waals surface area contributed by atoms with Crippen molar-refractivity contribution in [2.45, 2.75) is 12.1 Å². The molecule has 0 atom stereocenters. The summed E-state index contributed by atoms with van der Waals surface area (Å²) in [6, 6.07) is 12.9. The number of aromatic nitrogens is 6. The van der Waals surface area contributed by atoms with Gasteiger partial charge in [-0.15, -0.1) is 5.10 Å². The molecule has 0 aliphatic heterocycles. The summed E-state index contributed by atoms with van der Waals surface area (Å²) in [4.78, 5) is 28.9. The van der Waals surface area contributed by atoms with E-state index in [1.165, 1.54) is 11.8 Å². The van der Waals surface area contributed by atoms with Crippen LogP contribution in [0.1, 0.15) is 5.56 Å². The van der Waals surface area contributed by atoms with E-state index in [1.807, 2.05) is 31.2 Å². The Morgan fingerprint density at radius 1 is 1.19 bits per heavy atom. The number of hydrogen-bond acceptors (Lipinski definition) is 6. The van der Waals surface area contributed by atoms with Crippen molar-refractivity contribution in [3.63, 3.8) is 0 Å². The number of nitrogens with zero attached hydrogens (tertiary/aromatic N) is 4. The van der Waals surface area contributed by atoms with E-state index in [0.29, 0.717) is 21.9 Å². The second-order valence-electron chi connectivity index (χ2n) is 5.89. The molecule has 0 radical (unpaired) electrons. The lowest BCUT2D eigenvalue weighted by atomic mass is 10.2. The van der Waals surface area contributed by atoms with E-state index in [1.54, 1.807) is 22.9 Å². The first kappa shape index (κ1) is 17.0. The Morgan fingerprint density at radius 2 is 2.04 bits per heavy atom. The summed E-state index contributed by atoms with van der Waals surface area (Å²) in [6.45, 7) is 1.99. The first-order valence-electron chi connectivity index (χ1n) is 8.08. The van der Waals surface area contributed by atoms with Gasteiger partial charge >= 0.3 is 5.69 Å². The van der Waals surface area contributed by atoms with Gasteiger partial charge in [-0.05, 0) is 53.2 Å². The van der Waals surface area contributed by atoms with Crippen molar-refractivity contribution in [2.75, 3.05) is 11.1 Å². The zero-order chi connectivity index (χ0) is 18.8. The molecule has 1 amide bonds. The summed E-state index contributed by atoms with van der Waals surface area (Å²) >= 11 is 1.24. The van der Waals surface area contributed by atoms with E-state index >= 15 is 0 Å². The lowest BCUT2D eigenvalue weighted by Crippen LogP contribution is -2.14. The van der Waals surface area contributed by atoms with Crippen LogP contribution in [0.2, 0.25) is 0 Å². The Morgan fingerprint density at radius 3 is 2.89 bits per heavy atom. The van der Waals surface area contributed by atoms with Crippen LogP contribution in [0.5, 0.6) is 0 Å². The highest BCUT2D eigenvalue weighted by Crippen LogP contribution is 2.20. The SMILES string of the molecule is Cc1cccc(-n2nnnc2SCC(=O)Nc2ccc3[nH]c(=O)[nH]c3c2)c1. The second kappa shape index (κ2) is 7.08. The van der Waals surface area contributed by atoms with Gasteiger partial charge in [-0.3, -0.25) is 4.79 Å². The summed E-state index contributed by atoms with van der Waals surface area (Å²) in [5, 5.41) is 15.0. The Balaban J connectivity index is 1.43. The molecule has 9 nitrogen and oxygen atoms in total. The Bertz CT molecular complexity index is 1180. The van der Waals surface area contributed by atoms with Crippen molar-refractivity contribution in [1.82, 2.24) is 30.2 Å². The summed E-state index contributed by atoms with van der Waals surface area (Å²) < 4.78 is 1.60. The molecule has 0 unspecified atom stereocenters. The van der Waals surface area contributed by atoms with Gasteiger partial charge in [0.15, 0.2) is 0 Å². The van der Waals surface area contributed by atoms with Crippen LogP contribution < -0.4 is 11.0 Å². The van der Waals surface area contributed by atoms with Crippen LogP contribution in [0.4, 0.5) is 5.69 Å². The first-order chi connectivity index (χ1) is 13.1. The predicted octanol–water partition coefficient (Wildman–Crippen LogP) is 1.87. The monoisotopic (exact) mass is 381 g/mol. The van der Waals surface area contributed by atoms with Crippen molar-refractivity contribution in [3.8, 4) is 5.69 Å². The van der Waals surface area contributed by atoms with E-state index in [9.17, 15) is 9.59 Å². The lowest BCUT2D eigenvalue weighted by molar-refractivity contribution is -0.113. The van der Waals surface area contributed by atoms with Gasteiger partial charge in [-0.25, -0.2) is 4.79 Å². The summed E-state index contributed by atoms with van der Waals surface area (Å²) in [5.74, 6) is -0.0514. The van der Waals surface area contributed by atoms with Crippen molar-refractivity contribution < 1.29 is 4.79 Å². The molecule has 27 heavy (non-hydrogen) atoms. The maximum Gasteiger partial charge on any atom is 0.323 e. The average molecular weight is 381 g/mol. The minimum absolute atomic E-state index is 0.147. The number of aryl methyl sites for hydroxylation is 1. The quantitative estimate of drug-likeness (QED) is 0.454. The molecule has 0 saturated heterocycles. The number of anilines is 1. The van der Waals surface area contributed by atoms with Gasteiger partial charge < -0.3 is 15.3 Å². The molecule has 2 aromatic carbocycles. The Labute approximate surface area is 157 Å². The summed E-state index contributed by atoms with van der Waals surface area (Å²) in [6.07, 6.45) is 0. The smallest absolute Gasteiger partial charge is 0.323 e. The molecule has 10 heteroatoms. The van der Waals surface area contributed by atoms with Crippen molar-refractivity contribution in [2.24, 2.45) is 0 Å². The third-order valence-corrected chi connectivity index (χ3v) is 4.74. The number of H-pyrrole nitrogens is 2. The predicted molar refractivity (Wildman–Crippen MR) is 102 cm³/mol. The zero-order valence-corrected chi connectivity index (χ0v) is 15.1. The van der Waals surface area contributed by atoms with Gasteiger partial charge in [-0.1, -0.05) is 23.9 Å². The first-order valence-corrected chi connectivity index (χ1v) is 9.07. The topological polar surface area (TPSA) is 121 Å². The molecule has 0 aliphatic rings. The lowest BCUT2D eigenvalue weighted by Gasteiger charge is -2.06. The zero-order valence-electron chi connectivity index (χ0n) is 14.3. The van der Waals surface area contributed by atoms with Crippen LogP contribution in [0.3, 0.4) is 0 Å². The largest absolute Gasteiger partial charge is 0.325 e. The third kappa shape index (κ3) is 3.75. The molecule has 0 fully saturated rings. The van der Waals surface area contributed by atoms with Crippen LogP contribution in [0.25, 0.3) is 16.7 Å². The van der Waals surface area contributed by atoms with Gasteiger partial charge in [0.05, 0.1) is 22.5 Å². The number of hydrogen-bond donors (Lipinski definition) is 3. The van der Waals surface area contributed by atoms with Crippen molar-refractivity contribution in [3.05, 3.63) is 58.5 Å². The molecule has 3 N–H and O–H groups in total. The highest BCUT2D eigenvalue weighted by Gasteiger charge is 2.12. The number of imidazole rings is 1. The number of fused-ring (bicyclic) bond motifs is 1. The molecule has 0 saturated carbocycles. The molecule has 2 heterocycles. The highest BCUT2D eigenvalue weighted by atomic mass is 32.2. The maximum absolute atomic E-state index is 12.3. The molecule has 136 valence electrons. The van der Waals surface area contributed by atoms with Crippen molar-refractivity contribution >= 4 is 34.4 Å². The standard InChI is InChI=1S/C17H15N7O2S/c1-10-3-2-4-12(7-10)24-17(21-22-23-24)27-9-15(25)18-11-5-6-13-14(8-11)20-16(26)19-13/h2-8H,9H2,1H3,(H,18,25)(H2,19,20,26). The molecular weight excluding hydrogens is 366 g/mol. The number of rotatable bonds is 5. The van der Waals surface area contributed by atoms with E-state index in [4.69, 9.17) is 0 Å². The number of carbonyl (C=O) groups excluding carboxylic acids is 1. The third-order valence-electron chi connectivity index (χ3n) is 3.82. The number of carbonyl (C=O) groups is 1. The van der Waals surface area contributed by atoms with Gasteiger partial charge in [0.25, 0.3) is 0 Å². The minimum atomic E-state index is -0.285. The molecule has 0 bridgehead atoms. The average Bonchev–Trinajstić information content (AvgIpc) is 3.25. The highest BCUT2D eigenvalue weighted by molar-refractivity contribution is 7.99. The van der Waals surface area contributed by atoms with Crippen LogP contribution in [-0.4, -0.2) is 41.8 Å². The fourth-order valence-electron chi connectivity index (χ4n) is 2.63. The molecule has 4 aromatic rings. The van der Waals surface area contributed by atoms with E-state index in [-0.39, 0.29) is 17.3 Å². The van der Waals surface area contributed by atoms with Gasteiger partial charge in [0.2, 0.25) is 11.1 Å². The van der Waals surface area contributed by atoms with Crippen LogP contribution >= 0.6 is 11.8 Å². The number of aromatic amines is 2. The molecule has 0 spiro atoms. The summed E-state index contributed by atoms with van der Waals surface area (Å²) in [7, 11) is 0. The fourth-order valence-corrected chi connectivity index (χ4v) is 3.32. The fraction of sp³-hybridized carbons (Fsp3) is 0.118. The number of amides is 1.